The van der Waals surface area contributed by atoms with Gasteiger partial charge in [-0.2, -0.15) is 0 Å². The van der Waals surface area contributed by atoms with Crippen LogP contribution >= 0.6 is 12.2 Å². The number of carbonyl (C=O) groups is 1. The van der Waals surface area contributed by atoms with Crippen LogP contribution in [0.4, 0.5) is 0 Å². The fourth-order valence-corrected chi connectivity index (χ4v) is 9.76. The number of fused-ring (bicyclic) bond motifs is 2. The molecule has 0 radical (unpaired) electrons. The minimum atomic E-state index is -0.0776. The van der Waals surface area contributed by atoms with E-state index < -0.39 is 0 Å². The second kappa shape index (κ2) is 9.05. The van der Waals surface area contributed by atoms with Crippen molar-refractivity contribution < 1.29 is 4.79 Å². The Morgan fingerprint density at radius 3 is 2.35 bits per heavy atom. The van der Waals surface area contributed by atoms with Crippen LogP contribution in [-0.4, -0.2) is 31.8 Å². The average molecular weight is 445 g/mol. The second-order valence-corrected chi connectivity index (χ2v) is 12.8. The summed E-state index contributed by atoms with van der Waals surface area (Å²) in [5, 5.41) is 3.62. The molecule has 0 unspecified atom stereocenters. The quantitative estimate of drug-likeness (QED) is 0.332. The monoisotopic (exact) mass is 445 g/mol. The normalized spacial score (nSPS) is 31.8. The van der Waals surface area contributed by atoms with Crippen LogP contribution in [0.25, 0.3) is 0 Å². The van der Waals surface area contributed by atoms with Gasteiger partial charge in [-0.05, 0) is 0 Å². The van der Waals surface area contributed by atoms with Crippen molar-refractivity contribution in [1.29, 1.82) is 0 Å². The summed E-state index contributed by atoms with van der Waals surface area (Å²) in [6, 6.07) is 0.460. The van der Waals surface area contributed by atoms with Crippen molar-refractivity contribution in [2.75, 3.05) is 0 Å². The van der Waals surface area contributed by atoms with Crippen LogP contribution in [0.2, 0.25) is 9.63 Å². The fraction of sp³-hybridized carbons (Fsp3) is 0.909. The number of unbranched alkanes of at least 4 members (excludes halogenated alkanes) is 2. The topological polar surface area (TPSA) is 29.1 Å². The van der Waals surface area contributed by atoms with Gasteiger partial charge in [0.15, 0.2) is 0 Å². The summed E-state index contributed by atoms with van der Waals surface area (Å²) in [5.41, 5.74) is 0.101. The third kappa shape index (κ3) is 4.23. The number of rotatable bonds is 10. The second-order valence-electron chi connectivity index (χ2n) is 9.25. The predicted octanol–water partition coefficient (Wildman–Crippen LogP) is 5.98. The van der Waals surface area contributed by atoms with E-state index in [4.69, 9.17) is 12.2 Å². The van der Waals surface area contributed by atoms with Crippen molar-refractivity contribution in [1.82, 2.24) is 5.32 Å². The Balaban J connectivity index is 2.18. The molecule has 26 heavy (non-hydrogen) atoms. The maximum absolute atomic E-state index is 13.3. The van der Waals surface area contributed by atoms with Crippen molar-refractivity contribution in [2.45, 2.75) is 109 Å². The Morgan fingerprint density at radius 1 is 1.23 bits per heavy atom. The van der Waals surface area contributed by atoms with Crippen LogP contribution in [0.5, 0.6) is 0 Å². The molecule has 150 valence electrons. The van der Waals surface area contributed by atoms with E-state index >= 15 is 0 Å². The van der Waals surface area contributed by atoms with Crippen LogP contribution in [-0.2, 0) is 4.79 Å². The molecule has 0 amide bonds. The fourth-order valence-electron chi connectivity index (χ4n) is 5.15. The van der Waals surface area contributed by atoms with Gasteiger partial charge in [-0.1, -0.05) is 0 Å². The molecule has 2 bridgehead atoms. The number of thiocarbonyl (C=S) groups is 1. The summed E-state index contributed by atoms with van der Waals surface area (Å²) in [7, 11) is 0. The van der Waals surface area contributed by atoms with E-state index in [-0.39, 0.29) is 10.8 Å². The number of nitrogens with one attached hydrogen (secondary N) is 1. The Labute approximate surface area is 173 Å². The predicted molar refractivity (Wildman–Crippen MR) is 117 cm³/mol. The van der Waals surface area contributed by atoms with Crippen molar-refractivity contribution in [3.63, 3.8) is 0 Å². The molecule has 0 spiro atoms. The zero-order valence-corrected chi connectivity index (χ0v) is 20.2. The van der Waals surface area contributed by atoms with Gasteiger partial charge in [-0.15, -0.1) is 0 Å². The first kappa shape index (κ1) is 22.4. The van der Waals surface area contributed by atoms with Crippen molar-refractivity contribution in [2.24, 2.45) is 16.7 Å². The third-order valence-electron chi connectivity index (χ3n) is 7.34. The van der Waals surface area contributed by atoms with Crippen molar-refractivity contribution >= 4 is 37.9 Å². The third-order valence-corrected chi connectivity index (χ3v) is 11.1. The summed E-state index contributed by atoms with van der Waals surface area (Å²) in [6.45, 7) is 13.5. The molecule has 2 fully saturated rings. The molecule has 2 rings (SSSR count). The Kier molecular flexibility index (Phi) is 7.79. The molecule has 0 saturated heterocycles. The van der Waals surface area contributed by atoms with Gasteiger partial charge in [0, 0.05) is 0 Å². The van der Waals surface area contributed by atoms with E-state index in [2.05, 4.69) is 39.9 Å². The Bertz CT molecular complexity index is 520. The first-order valence-electron chi connectivity index (χ1n) is 10.7. The molecule has 4 heteroatoms. The zero-order valence-electron chi connectivity index (χ0n) is 17.7. The van der Waals surface area contributed by atoms with Gasteiger partial charge in [-0.3, -0.25) is 0 Å². The number of ketones is 1. The molecule has 1 N–H and O–H groups in total. The zero-order chi connectivity index (χ0) is 19.5. The van der Waals surface area contributed by atoms with Gasteiger partial charge in [0.2, 0.25) is 0 Å². The summed E-state index contributed by atoms with van der Waals surface area (Å²) in [5.74, 6) is 1.19. The van der Waals surface area contributed by atoms with Gasteiger partial charge in [0.05, 0.1) is 0 Å². The number of hydrogen-bond donors (Lipinski definition) is 1. The van der Waals surface area contributed by atoms with E-state index in [9.17, 15) is 4.79 Å². The van der Waals surface area contributed by atoms with E-state index in [1.165, 1.54) is 44.9 Å². The molecule has 0 heterocycles. The number of carbonyl (C=O) groups excluding carboxylic acids is 1. The van der Waals surface area contributed by atoms with Gasteiger partial charge >= 0.3 is 173 Å². The summed E-state index contributed by atoms with van der Waals surface area (Å²) >= 11 is 5.76. The van der Waals surface area contributed by atoms with Gasteiger partial charge in [-0.25, -0.2) is 0 Å². The molecule has 2 saturated carbocycles. The molecule has 2 aliphatic rings. The molecule has 0 aromatic heterocycles. The average Bonchev–Trinajstić information content (AvgIpc) is 2.88. The molecular formula is C22H39NOSSe. The molecule has 0 aromatic rings. The molecule has 0 aliphatic heterocycles. The molecule has 2 aliphatic carbocycles. The first-order valence-corrected chi connectivity index (χ1v) is 13.0. The van der Waals surface area contributed by atoms with Gasteiger partial charge in [0.25, 0.3) is 0 Å². The van der Waals surface area contributed by atoms with Gasteiger partial charge in [0.1, 0.15) is 0 Å². The van der Waals surface area contributed by atoms with Crippen LogP contribution < -0.4 is 5.32 Å². The van der Waals surface area contributed by atoms with Crippen LogP contribution in [0, 0.1) is 16.7 Å². The Morgan fingerprint density at radius 2 is 1.85 bits per heavy atom. The first-order chi connectivity index (χ1) is 12.2. The standard InChI is InChI=1S/C22H39NOSSe/c1-7-9-11-17(23-15(3)25)18(12-10-8-2)26-19-16-13-14-22(6,20(19)24)21(16,4)5/h16-19H,7-14H2,1-6H3,(H,23,25)/t16-,17+,18-,19+,22+/m1/s1. The number of Topliss-reactive ketones (excluding diaryl/α,β-unsaturated/α-hetero) is 1. The molecule has 5 atom stereocenters. The maximum atomic E-state index is 13.3. The van der Waals surface area contributed by atoms with Crippen molar-refractivity contribution in [3.05, 3.63) is 0 Å². The Hall–Kier alpha value is 0.0795. The molecular weight excluding hydrogens is 405 g/mol. The van der Waals surface area contributed by atoms with E-state index in [1.807, 2.05) is 6.92 Å². The molecule has 0 aromatic carbocycles. The van der Waals surface area contributed by atoms with E-state index in [0.29, 0.717) is 42.3 Å². The minimum absolute atomic E-state index is 0.0776. The molecule has 2 nitrogen and oxygen atoms in total. The number of hydrogen-bond acceptors (Lipinski definition) is 2. The SMILES string of the molecule is CCCC[C@H](NC(C)=S)[C@@H](CCCC)[Se][C@@H]1C(=O)[C@]2(C)CC[C@H]1C2(C)C. The van der Waals surface area contributed by atoms with Crippen LogP contribution in [0.1, 0.15) is 92.9 Å². The van der Waals surface area contributed by atoms with Crippen LogP contribution in [0.15, 0.2) is 0 Å². The van der Waals surface area contributed by atoms with Crippen LogP contribution in [0.3, 0.4) is 0 Å². The summed E-state index contributed by atoms with van der Waals surface area (Å²) < 4.78 is 0. The van der Waals surface area contributed by atoms with Gasteiger partial charge < -0.3 is 0 Å². The van der Waals surface area contributed by atoms with E-state index in [1.54, 1.807) is 0 Å². The summed E-state index contributed by atoms with van der Waals surface area (Å²) in [6.07, 6.45) is 9.74. The van der Waals surface area contributed by atoms with Crippen molar-refractivity contribution in [3.8, 4) is 0 Å². The van der Waals surface area contributed by atoms with E-state index in [0.717, 1.165) is 11.4 Å². The summed E-state index contributed by atoms with van der Waals surface area (Å²) in [4.78, 5) is 15.2.